The van der Waals surface area contributed by atoms with Crippen molar-refractivity contribution in [3.05, 3.63) is 80.2 Å². The van der Waals surface area contributed by atoms with E-state index in [9.17, 15) is 50.8 Å². The Labute approximate surface area is 318 Å². The first-order valence-corrected chi connectivity index (χ1v) is 18.4. The number of carbonyl (C=O) groups excluding carboxylic acids is 6. The van der Waals surface area contributed by atoms with Crippen LogP contribution in [0.1, 0.15) is 53.3 Å². The number of pyridine rings is 1. The van der Waals surface area contributed by atoms with E-state index in [4.69, 9.17) is 15.3 Å². The summed E-state index contributed by atoms with van der Waals surface area (Å²) in [4.78, 5) is 101. The number of alkyl halides is 2. The predicted molar refractivity (Wildman–Crippen MR) is 189 cm³/mol. The monoisotopic (exact) mass is 822 g/mol. The number of hydrogen-bond acceptors (Lipinski definition) is 15. The Morgan fingerprint density at radius 1 is 1.14 bits per heavy atom. The van der Waals surface area contributed by atoms with Crippen LogP contribution in [0.5, 0.6) is 0 Å². The van der Waals surface area contributed by atoms with E-state index in [1.807, 2.05) is 5.43 Å². The zero-order valence-corrected chi connectivity index (χ0v) is 31.0. The number of hydrazine groups is 1. The molecule has 0 radical (unpaired) electrons. The van der Waals surface area contributed by atoms with Crippen LogP contribution in [0, 0.1) is 6.92 Å². The molecule has 3 aromatic rings. The average Bonchev–Trinajstić information content (AvgIpc) is 3.74. The van der Waals surface area contributed by atoms with Crippen molar-refractivity contribution in [1.29, 1.82) is 0 Å². The maximum atomic E-state index is 13.3. The van der Waals surface area contributed by atoms with E-state index in [2.05, 4.69) is 20.4 Å². The summed E-state index contributed by atoms with van der Waals surface area (Å²) in [5.74, 6) is -4.15. The fourth-order valence-corrected chi connectivity index (χ4v) is 6.49. The van der Waals surface area contributed by atoms with Crippen LogP contribution in [-0.2, 0) is 40.8 Å². The van der Waals surface area contributed by atoms with Crippen LogP contribution in [0.25, 0.3) is 0 Å². The Bertz CT molecular complexity index is 2280. The number of aromatic nitrogens is 2. The van der Waals surface area contributed by atoms with E-state index in [0.717, 1.165) is 24.3 Å². The van der Waals surface area contributed by atoms with Crippen molar-refractivity contribution in [1.82, 2.24) is 39.6 Å². The minimum absolute atomic E-state index is 0.0406. The molecule has 2 aliphatic rings. The van der Waals surface area contributed by atoms with Gasteiger partial charge in [-0.05, 0) is 26.3 Å². The maximum Gasteiger partial charge on any atom is 0.353 e. The zero-order chi connectivity index (χ0) is 41.1. The van der Waals surface area contributed by atoms with Gasteiger partial charge in [0.05, 0.1) is 25.3 Å². The Hall–Kier alpha value is -6.50. The summed E-state index contributed by atoms with van der Waals surface area (Å²) in [7, 11) is -4.99. The van der Waals surface area contributed by atoms with Crippen LogP contribution in [0.3, 0.4) is 0 Å². The number of anilines is 1. The van der Waals surface area contributed by atoms with Gasteiger partial charge in [-0.15, -0.1) is 11.3 Å². The minimum Gasteiger partial charge on any atom is -0.458 e. The molecule has 2 aliphatic heterocycles. The molecular formula is C31H32F2N10O11S2. The number of hydrogen-bond donors (Lipinski definition) is 5. The summed E-state index contributed by atoms with van der Waals surface area (Å²) in [6.07, 6.45) is -3.13. The molecule has 6 N–H and O–H groups in total. The van der Waals surface area contributed by atoms with Gasteiger partial charge < -0.3 is 25.6 Å². The predicted octanol–water partition coefficient (Wildman–Crippen LogP) is 0.266. The normalized spacial score (nSPS) is 16.1. The third kappa shape index (κ3) is 8.89. The molecule has 21 nitrogen and oxygen atoms in total. The number of urea groups is 2. The van der Waals surface area contributed by atoms with Crippen molar-refractivity contribution >= 4 is 68.1 Å². The van der Waals surface area contributed by atoms with E-state index >= 15 is 0 Å². The van der Waals surface area contributed by atoms with Gasteiger partial charge in [0.15, 0.2) is 16.3 Å². The first kappa shape index (κ1) is 40.7. The number of amides is 7. The molecule has 1 atom stereocenters. The number of oxime groups is 1. The standard InChI is InChI=1S/C31H32F2N10O11S2/c1-15-20(44)11-17(35-21(15)23(32)33)24(45)38-42-9-10-43(30(42)50)56(51,52)40-29(49)41-12-18(26(41)47)36-25(46)22(19-14-55-28(34)37-19)39-54-31(2,3)27(48)53-13-16-7-5-4-6-8-16/h4-8,11,14,18,23H,9-10,12-13H2,1-3H3,(H2,34,37)(H,35,44)(H,36,46)(H,38,45)(H,40,49)/b39-22-. The fraction of sp³-hybridized carbons (Fsp3) is 0.323. The van der Waals surface area contributed by atoms with Gasteiger partial charge in [0.1, 0.15) is 24.0 Å². The molecule has 0 aliphatic carbocycles. The van der Waals surface area contributed by atoms with Crippen molar-refractivity contribution < 1.29 is 55.5 Å². The summed E-state index contributed by atoms with van der Waals surface area (Å²) in [6, 6.07) is 5.26. The number of esters is 1. The van der Waals surface area contributed by atoms with Crippen molar-refractivity contribution in [2.45, 2.75) is 45.4 Å². The summed E-state index contributed by atoms with van der Waals surface area (Å²) < 4.78 is 59.5. The SMILES string of the molecule is Cc1c(C(F)F)[nH]c(C(=O)NN2CCN(S(=O)(=O)NC(=O)N3CC(NC(=O)/C(=N\OC(C)(C)C(=O)OCc4ccccc4)c4csc(N)n4)C3=O)C2=O)cc1=O. The quantitative estimate of drug-likeness (QED) is 0.0671. The lowest BCUT2D eigenvalue weighted by molar-refractivity contribution is -0.169. The van der Waals surface area contributed by atoms with Crippen LogP contribution in [0.15, 0.2) is 51.7 Å². The number of nitrogens with one attached hydrogen (secondary N) is 4. The number of thiazole rings is 1. The lowest BCUT2D eigenvalue weighted by atomic mass is 10.1. The van der Waals surface area contributed by atoms with Gasteiger partial charge in [-0.1, -0.05) is 35.5 Å². The molecule has 5 rings (SSSR count). The van der Waals surface area contributed by atoms with Crippen LogP contribution in [0.2, 0.25) is 0 Å². The second-order valence-electron chi connectivity index (χ2n) is 12.4. The lowest BCUT2D eigenvalue weighted by Crippen LogP contribution is -2.68. The lowest BCUT2D eigenvalue weighted by Gasteiger charge is -2.36. The number of nitrogens with zero attached hydrogens (tertiary/aromatic N) is 5. The molecule has 2 aromatic heterocycles. The summed E-state index contributed by atoms with van der Waals surface area (Å²) in [5.41, 5.74) is 3.42. The van der Waals surface area contributed by atoms with Gasteiger partial charge >= 0.3 is 28.2 Å². The number of halogens is 2. The minimum atomic E-state index is -4.99. The molecule has 1 unspecified atom stereocenters. The van der Waals surface area contributed by atoms with Gasteiger partial charge in [0, 0.05) is 17.0 Å². The third-order valence-electron chi connectivity index (χ3n) is 8.02. The second kappa shape index (κ2) is 16.1. The number of β-lactam (4-membered cyclic amide) rings is 1. The van der Waals surface area contributed by atoms with Crippen LogP contribution in [-0.4, -0.2) is 105 Å². The number of benzene rings is 1. The number of H-pyrrole nitrogens is 1. The fourth-order valence-electron chi connectivity index (χ4n) is 4.87. The molecule has 298 valence electrons. The molecule has 56 heavy (non-hydrogen) atoms. The zero-order valence-electron chi connectivity index (χ0n) is 29.4. The van der Waals surface area contributed by atoms with Gasteiger partial charge in [0.2, 0.25) is 5.60 Å². The average molecular weight is 823 g/mol. The molecule has 0 bridgehead atoms. The maximum absolute atomic E-state index is 13.3. The summed E-state index contributed by atoms with van der Waals surface area (Å²) in [6.45, 7) is 2.11. The van der Waals surface area contributed by atoms with Crippen LogP contribution < -0.4 is 26.6 Å². The highest BCUT2D eigenvalue weighted by molar-refractivity contribution is 7.88. The van der Waals surface area contributed by atoms with E-state index in [1.165, 1.54) is 19.2 Å². The smallest absolute Gasteiger partial charge is 0.353 e. The molecule has 0 spiro atoms. The van der Waals surface area contributed by atoms with Gasteiger partial charge in [-0.3, -0.25) is 29.5 Å². The molecule has 0 saturated carbocycles. The first-order chi connectivity index (χ1) is 26.3. The van der Waals surface area contributed by atoms with Crippen molar-refractivity contribution in [2.75, 3.05) is 25.4 Å². The Balaban J connectivity index is 1.17. The highest BCUT2D eigenvalue weighted by atomic mass is 32.2. The van der Waals surface area contributed by atoms with E-state index in [0.29, 0.717) is 15.5 Å². The number of carbonyl (C=O) groups is 6. The number of likely N-dealkylation sites (tertiary alicyclic amines) is 1. The van der Waals surface area contributed by atoms with Crippen LogP contribution >= 0.6 is 11.3 Å². The molecule has 7 amide bonds. The third-order valence-corrected chi connectivity index (χ3v) is 10.0. The van der Waals surface area contributed by atoms with E-state index < -0.39 is 106 Å². The number of nitrogens with two attached hydrogens (primary N) is 1. The Morgan fingerprint density at radius 2 is 1.84 bits per heavy atom. The number of ether oxygens (including phenoxy) is 1. The number of nitrogen functional groups attached to an aromatic ring is 1. The molecule has 2 fully saturated rings. The van der Waals surface area contributed by atoms with Crippen molar-refractivity contribution in [3.8, 4) is 0 Å². The second-order valence-corrected chi connectivity index (χ2v) is 14.9. The summed E-state index contributed by atoms with van der Waals surface area (Å²) in [5, 5.41) is 8.00. The first-order valence-electron chi connectivity index (χ1n) is 16.1. The molecule has 1 aromatic carbocycles. The number of rotatable bonds is 13. The largest absolute Gasteiger partial charge is 0.458 e. The highest BCUT2D eigenvalue weighted by Crippen LogP contribution is 2.20. The van der Waals surface area contributed by atoms with Crippen LogP contribution in [0.4, 0.5) is 23.5 Å². The van der Waals surface area contributed by atoms with Gasteiger partial charge in [0.25, 0.3) is 24.1 Å². The molecule has 4 heterocycles. The highest BCUT2D eigenvalue weighted by Gasteiger charge is 2.46. The van der Waals surface area contributed by atoms with Crippen molar-refractivity contribution in [3.63, 3.8) is 0 Å². The van der Waals surface area contributed by atoms with E-state index in [-0.39, 0.29) is 27.3 Å². The van der Waals surface area contributed by atoms with E-state index in [1.54, 1.807) is 35.1 Å². The molecule has 25 heteroatoms. The summed E-state index contributed by atoms with van der Waals surface area (Å²) >= 11 is 0.943. The van der Waals surface area contributed by atoms with Gasteiger partial charge in [-0.25, -0.2) is 42.2 Å². The molecular weight excluding hydrogens is 791 g/mol. The Kier molecular flexibility index (Phi) is 11.7. The Morgan fingerprint density at radius 3 is 2.46 bits per heavy atom. The number of aromatic amines is 1. The van der Waals surface area contributed by atoms with Crippen molar-refractivity contribution in [2.24, 2.45) is 5.16 Å². The number of imide groups is 1. The topological polar surface area (TPSA) is 285 Å². The molecule has 2 saturated heterocycles. The van der Waals surface area contributed by atoms with Gasteiger partial charge in [-0.2, -0.15) is 8.42 Å².